The monoisotopic (exact) mass is 465 g/mol. The van der Waals surface area contributed by atoms with E-state index in [0.29, 0.717) is 28.2 Å². The molecule has 2 aromatic carbocycles. The molecule has 5 nitrogen and oxygen atoms in total. The molecule has 7 heteroatoms. The third-order valence-electron chi connectivity index (χ3n) is 3.63. The maximum absolute atomic E-state index is 12.3. The maximum atomic E-state index is 12.3. The van der Waals surface area contributed by atoms with Gasteiger partial charge in [0.05, 0.1) is 10.9 Å². The molecule has 0 bridgehead atoms. The second-order valence-electron chi connectivity index (χ2n) is 5.43. The van der Waals surface area contributed by atoms with E-state index in [0.717, 1.165) is 9.26 Å². The molecule has 1 N–H and O–H groups in total. The number of halogens is 1. The fourth-order valence-corrected chi connectivity index (χ4v) is 3.59. The molecule has 1 heterocycles. The fraction of sp³-hybridized carbons (Fsp3) is 0.167. The number of benzene rings is 2. The first-order valence-corrected chi connectivity index (χ1v) is 9.75. The SMILES string of the molecule is Cn1c(SCCC(=O)Nc2ccc(I)cc2)nc2ccccc2c1=O. The van der Waals surface area contributed by atoms with Gasteiger partial charge in [0.2, 0.25) is 5.91 Å². The average molecular weight is 465 g/mol. The Hall–Kier alpha value is -1.87. The van der Waals surface area contributed by atoms with Crippen LogP contribution in [0.2, 0.25) is 0 Å². The molecule has 0 saturated heterocycles. The van der Waals surface area contributed by atoms with E-state index in [2.05, 4.69) is 32.9 Å². The lowest BCUT2D eigenvalue weighted by molar-refractivity contribution is -0.115. The Morgan fingerprint density at radius 1 is 1.20 bits per heavy atom. The highest BCUT2D eigenvalue weighted by atomic mass is 127. The molecule has 0 atom stereocenters. The van der Waals surface area contributed by atoms with Gasteiger partial charge in [0, 0.05) is 28.5 Å². The minimum atomic E-state index is -0.0727. The number of carbonyl (C=O) groups excluding carboxylic acids is 1. The number of nitrogens with one attached hydrogen (secondary N) is 1. The zero-order valence-electron chi connectivity index (χ0n) is 13.5. The van der Waals surface area contributed by atoms with E-state index in [-0.39, 0.29) is 11.5 Å². The van der Waals surface area contributed by atoms with E-state index in [9.17, 15) is 9.59 Å². The molecule has 0 saturated carbocycles. The van der Waals surface area contributed by atoms with Gasteiger partial charge in [0.1, 0.15) is 0 Å². The molecule has 0 radical (unpaired) electrons. The van der Waals surface area contributed by atoms with Gasteiger partial charge in [-0.05, 0) is 59.0 Å². The summed E-state index contributed by atoms with van der Waals surface area (Å²) < 4.78 is 2.65. The van der Waals surface area contributed by atoms with Crippen LogP contribution in [0.25, 0.3) is 10.9 Å². The third-order valence-corrected chi connectivity index (χ3v) is 5.38. The quantitative estimate of drug-likeness (QED) is 0.355. The van der Waals surface area contributed by atoms with Crippen LogP contribution in [0.15, 0.2) is 58.5 Å². The summed E-state index contributed by atoms with van der Waals surface area (Å²) in [6.07, 6.45) is 0.347. The molecule has 0 fully saturated rings. The molecule has 25 heavy (non-hydrogen) atoms. The van der Waals surface area contributed by atoms with E-state index >= 15 is 0 Å². The molecule has 0 aliphatic carbocycles. The molecule has 3 aromatic rings. The van der Waals surface area contributed by atoms with Gasteiger partial charge in [-0.25, -0.2) is 4.98 Å². The van der Waals surface area contributed by atoms with Gasteiger partial charge in [-0.3, -0.25) is 14.2 Å². The Balaban J connectivity index is 1.63. The van der Waals surface area contributed by atoms with Crippen LogP contribution in [0, 0.1) is 3.57 Å². The van der Waals surface area contributed by atoms with Crippen LogP contribution >= 0.6 is 34.4 Å². The number of thioether (sulfide) groups is 1. The number of rotatable bonds is 5. The van der Waals surface area contributed by atoms with Gasteiger partial charge in [-0.1, -0.05) is 23.9 Å². The van der Waals surface area contributed by atoms with E-state index in [1.54, 1.807) is 13.1 Å². The summed E-state index contributed by atoms with van der Waals surface area (Å²) in [5, 5.41) is 4.09. The predicted octanol–water partition coefficient (Wildman–Crippen LogP) is 3.66. The molecular weight excluding hydrogens is 449 g/mol. The summed E-state index contributed by atoms with van der Waals surface area (Å²) in [5.74, 6) is 0.494. The third kappa shape index (κ3) is 4.40. The number of fused-ring (bicyclic) bond motifs is 1. The molecule has 0 aliphatic heterocycles. The van der Waals surface area contributed by atoms with Crippen molar-refractivity contribution in [3.8, 4) is 0 Å². The fourth-order valence-electron chi connectivity index (χ4n) is 2.32. The molecule has 1 aromatic heterocycles. The van der Waals surface area contributed by atoms with Crippen molar-refractivity contribution in [2.75, 3.05) is 11.1 Å². The molecule has 3 rings (SSSR count). The highest BCUT2D eigenvalue weighted by Gasteiger charge is 2.09. The lowest BCUT2D eigenvalue weighted by Gasteiger charge is -2.09. The molecule has 1 amide bonds. The van der Waals surface area contributed by atoms with Gasteiger partial charge in [0.15, 0.2) is 5.16 Å². The Morgan fingerprint density at radius 2 is 1.92 bits per heavy atom. The summed E-state index contributed by atoms with van der Waals surface area (Å²) >= 11 is 3.63. The number of para-hydroxylation sites is 1. The Kier molecular flexibility index (Phi) is 5.74. The van der Waals surface area contributed by atoms with Crippen molar-refractivity contribution in [1.82, 2.24) is 9.55 Å². The molecule has 128 valence electrons. The second kappa shape index (κ2) is 8.01. The molecular formula is C18H16IN3O2S. The van der Waals surface area contributed by atoms with E-state index in [4.69, 9.17) is 0 Å². The van der Waals surface area contributed by atoms with E-state index < -0.39 is 0 Å². The van der Waals surface area contributed by atoms with E-state index in [1.165, 1.54) is 16.3 Å². The Bertz CT molecular complexity index is 970. The minimum absolute atomic E-state index is 0.0560. The van der Waals surface area contributed by atoms with Crippen LogP contribution < -0.4 is 10.9 Å². The summed E-state index contributed by atoms with van der Waals surface area (Å²) in [7, 11) is 1.70. The topological polar surface area (TPSA) is 64.0 Å². The van der Waals surface area contributed by atoms with Crippen molar-refractivity contribution in [2.24, 2.45) is 7.05 Å². The van der Waals surface area contributed by atoms with Crippen LogP contribution in [0.5, 0.6) is 0 Å². The number of amides is 1. The summed E-state index contributed by atoms with van der Waals surface area (Å²) in [5.41, 5.74) is 1.39. The number of carbonyl (C=O) groups is 1. The van der Waals surface area contributed by atoms with Crippen LogP contribution in [0.4, 0.5) is 5.69 Å². The van der Waals surface area contributed by atoms with Crippen LogP contribution in [-0.4, -0.2) is 21.2 Å². The first kappa shape index (κ1) is 17.9. The van der Waals surface area contributed by atoms with Crippen molar-refractivity contribution in [1.29, 1.82) is 0 Å². The van der Waals surface area contributed by atoms with Crippen molar-refractivity contribution in [3.63, 3.8) is 0 Å². The average Bonchev–Trinajstić information content (AvgIpc) is 2.61. The molecule has 0 unspecified atom stereocenters. The summed E-state index contributed by atoms with van der Waals surface area (Å²) in [6.45, 7) is 0. The summed E-state index contributed by atoms with van der Waals surface area (Å²) in [6, 6.07) is 14.9. The number of aromatic nitrogens is 2. The normalized spacial score (nSPS) is 10.8. The van der Waals surface area contributed by atoms with Gasteiger partial charge in [0.25, 0.3) is 5.56 Å². The number of nitrogens with zero attached hydrogens (tertiary/aromatic N) is 2. The Morgan fingerprint density at radius 3 is 2.68 bits per heavy atom. The number of anilines is 1. The van der Waals surface area contributed by atoms with Crippen molar-refractivity contribution in [2.45, 2.75) is 11.6 Å². The number of hydrogen-bond donors (Lipinski definition) is 1. The first-order chi connectivity index (χ1) is 12.0. The largest absolute Gasteiger partial charge is 0.326 e. The zero-order chi connectivity index (χ0) is 17.8. The van der Waals surface area contributed by atoms with Crippen molar-refractivity contribution in [3.05, 3.63) is 62.5 Å². The van der Waals surface area contributed by atoms with E-state index in [1.807, 2.05) is 42.5 Å². The smallest absolute Gasteiger partial charge is 0.261 e. The lowest BCUT2D eigenvalue weighted by Crippen LogP contribution is -2.20. The zero-order valence-corrected chi connectivity index (χ0v) is 16.5. The maximum Gasteiger partial charge on any atom is 0.261 e. The highest BCUT2D eigenvalue weighted by molar-refractivity contribution is 14.1. The standard InChI is InChI=1S/C18H16IN3O2S/c1-22-17(24)14-4-2-3-5-15(14)21-18(22)25-11-10-16(23)20-13-8-6-12(19)7-9-13/h2-9H,10-11H2,1H3,(H,20,23). The number of hydrogen-bond acceptors (Lipinski definition) is 4. The predicted molar refractivity (Wildman–Crippen MR) is 110 cm³/mol. The van der Waals surface area contributed by atoms with Crippen LogP contribution in [0.1, 0.15) is 6.42 Å². The molecule has 0 aliphatic rings. The van der Waals surface area contributed by atoms with Gasteiger partial charge < -0.3 is 5.32 Å². The minimum Gasteiger partial charge on any atom is -0.326 e. The van der Waals surface area contributed by atoms with Gasteiger partial charge in [-0.15, -0.1) is 0 Å². The molecule has 0 spiro atoms. The highest BCUT2D eigenvalue weighted by Crippen LogP contribution is 2.18. The summed E-state index contributed by atoms with van der Waals surface area (Å²) in [4.78, 5) is 28.9. The first-order valence-electron chi connectivity index (χ1n) is 7.68. The lowest BCUT2D eigenvalue weighted by atomic mass is 10.2. The van der Waals surface area contributed by atoms with Gasteiger partial charge in [-0.2, -0.15) is 0 Å². The van der Waals surface area contributed by atoms with Crippen LogP contribution in [-0.2, 0) is 11.8 Å². The second-order valence-corrected chi connectivity index (χ2v) is 7.74. The Labute approximate surface area is 163 Å². The van der Waals surface area contributed by atoms with Crippen molar-refractivity contribution >= 4 is 56.9 Å². The van der Waals surface area contributed by atoms with Crippen molar-refractivity contribution < 1.29 is 4.79 Å². The van der Waals surface area contributed by atoms with Gasteiger partial charge >= 0.3 is 0 Å². The van der Waals surface area contributed by atoms with Crippen LogP contribution in [0.3, 0.4) is 0 Å².